The minimum atomic E-state index is -0.711. The number of pyridine rings is 1. The van der Waals surface area contributed by atoms with E-state index in [4.69, 9.17) is 42.8 Å². The number of hydrogen-bond acceptors (Lipinski definition) is 9. The molecule has 14 nitrogen and oxygen atoms in total. The maximum atomic E-state index is 13.6. The van der Waals surface area contributed by atoms with Crippen LogP contribution in [-0.4, -0.2) is 103 Å². The van der Waals surface area contributed by atoms with Gasteiger partial charge in [0.1, 0.15) is 16.9 Å². The highest BCUT2D eigenvalue weighted by molar-refractivity contribution is 6.39. The molecule has 60 heavy (non-hydrogen) atoms. The van der Waals surface area contributed by atoms with Crippen molar-refractivity contribution in [3.8, 4) is 39.4 Å². The maximum absolute atomic E-state index is 13.6. The maximum Gasteiger partial charge on any atom is 0.410 e. The van der Waals surface area contributed by atoms with Crippen LogP contribution in [0.15, 0.2) is 65.6 Å². The number of benzene rings is 2. The lowest BCUT2D eigenvalue weighted by Crippen LogP contribution is -2.72. The number of fused-ring (bicyclic) bond motifs is 1. The summed E-state index contributed by atoms with van der Waals surface area (Å²) in [5, 5.41) is 8.66. The molecule has 314 valence electrons. The van der Waals surface area contributed by atoms with Crippen LogP contribution in [0.3, 0.4) is 0 Å². The van der Waals surface area contributed by atoms with E-state index in [2.05, 4.69) is 10.2 Å². The van der Waals surface area contributed by atoms with Gasteiger partial charge < -0.3 is 24.6 Å². The second-order valence-corrected chi connectivity index (χ2v) is 18.0. The summed E-state index contributed by atoms with van der Waals surface area (Å²) in [5.74, 6) is 1.03. The number of nitrogens with one attached hydrogen (secondary N) is 1. The van der Waals surface area contributed by atoms with Gasteiger partial charge in [-0.05, 0) is 45.4 Å². The van der Waals surface area contributed by atoms with Crippen molar-refractivity contribution in [1.82, 2.24) is 39.2 Å². The molecule has 3 amide bonds. The number of methoxy groups -OCH3 is 1. The fraction of sp³-hybridized carbons (Fsp3) is 0.409. The third-order valence-electron chi connectivity index (χ3n) is 11.5. The Hall–Kier alpha value is -5.44. The topological polar surface area (TPSA) is 144 Å². The first-order valence-corrected chi connectivity index (χ1v) is 20.7. The number of carbonyl (C=O) groups is 3. The van der Waals surface area contributed by atoms with Crippen LogP contribution < -0.4 is 15.6 Å². The van der Waals surface area contributed by atoms with Crippen molar-refractivity contribution in [2.75, 3.05) is 39.8 Å². The first-order valence-electron chi connectivity index (χ1n) is 20.0. The van der Waals surface area contributed by atoms with Crippen molar-refractivity contribution >= 4 is 46.6 Å². The third-order valence-corrected chi connectivity index (χ3v) is 12.3. The minimum Gasteiger partial charge on any atom is -0.481 e. The fourth-order valence-electron chi connectivity index (χ4n) is 8.49. The van der Waals surface area contributed by atoms with Gasteiger partial charge in [0, 0.05) is 104 Å². The quantitative estimate of drug-likeness (QED) is 0.168. The highest BCUT2D eigenvalue weighted by Gasteiger charge is 2.52. The number of nitrogens with zero attached hydrogens (tertiary/aromatic N) is 7. The van der Waals surface area contributed by atoms with Crippen molar-refractivity contribution in [3.05, 3.63) is 92.6 Å². The molecule has 1 atom stereocenters. The highest BCUT2D eigenvalue weighted by atomic mass is 35.5. The van der Waals surface area contributed by atoms with E-state index in [-0.39, 0.29) is 41.9 Å². The Kier molecular flexibility index (Phi) is 10.9. The fourth-order valence-corrected chi connectivity index (χ4v) is 9.15. The summed E-state index contributed by atoms with van der Waals surface area (Å²) in [5.41, 5.74) is 4.38. The van der Waals surface area contributed by atoms with E-state index in [1.807, 2.05) is 80.4 Å². The molecule has 1 N–H and O–H groups in total. The molecule has 5 aromatic rings. The Bertz CT molecular complexity index is 2590. The Morgan fingerprint density at radius 3 is 2.27 bits per heavy atom. The predicted octanol–water partition coefficient (Wildman–Crippen LogP) is 6.42. The van der Waals surface area contributed by atoms with Crippen LogP contribution in [0.25, 0.3) is 39.0 Å². The summed E-state index contributed by atoms with van der Waals surface area (Å²) in [6, 6.07) is 16.6. The lowest BCUT2D eigenvalue weighted by atomic mass is 9.73. The van der Waals surface area contributed by atoms with Crippen LogP contribution in [0.4, 0.5) is 4.79 Å². The average Bonchev–Trinajstić information content (AvgIpc) is 3.79. The molecular weight excluding hydrogens is 807 g/mol. The zero-order chi connectivity index (χ0) is 42.7. The first kappa shape index (κ1) is 41.3. The van der Waals surface area contributed by atoms with Gasteiger partial charge in [0.2, 0.25) is 17.7 Å². The second-order valence-electron chi connectivity index (χ2n) is 17.2. The molecule has 6 heterocycles. The standard InChI is InChI=1S/C44H48Cl2N8O6/c1-26(55)53-24-44(25-53)22-51(23-44)21-36-49-54-19-28(17-35(54)41(57)50(36)5)30-9-7-10-31(38(30)45)32-11-8-12-33(39(32)46)34-15-13-27(40(48-34)59-6)18-52(42(58)60-43(2,3)4)20-29-14-16-37(56)47-29/h7-13,15,17,19,29H,14,16,18,20-25H2,1-6H3,(H,47,56)/t29-/m0/s1. The van der Waals surface area contributed by atoms with Crippen LogP contribution in [-0.2, 0) is 34.5 Å². The van der Waals surface area contributed by atoms with E-state index in [0.717, 1.165) is 31.7 Å². The molecule has 0 aliphatic carbocycles. The number of carbonyl (C=O) groups excluding carboxylic acids is 3. The SMILES string of the molecule is COc1nc(-c2cccc(-c3cccc(-c4cc5c(=O)n(C)c(CN6CC7(C6)CN(C(C)=O)C7)nn5c4)c3Cl)c2Cl)ccc1CN(C[C@@H]1CCC(=O)N1)C(=O)OC(C)(C)C. The highest BCUT2D eigenvalue weighted by Crippen LogP contribution is 2.43. The monoisotopic (exact) mass is 854 g/mol. The lowest BCUT2D eigenvalue weighted by molar-refractivity contribution is -0.157. The number of aromatic nitrogens is 4. The second kappa shape index (κ2) is 15.9. The van der Waals surface area contributed by atoms with Crippen molar-refractivity contribution < 1.29 is 23.9 Å². The predicted molar refractivity (Wildman–Crippen MR) is 229 cm³/mol. The molecule has 2 aromatic carbocycles. The van der Waals surface area contributed by atoms with E-state index >= 15 is 0 Å². The van der Waals surface area contributed by atoms with Crippen LogP contribution >= 0.6 is 23.2 Å². The van der Waals surface area contributed by atoms with Gasteiger partial charge in [-0.1, -0.05) is 59.6 Å². The smallest absolute Gasteiger partial charge is 0.410 e. The van der Waals surface area contributed by atoms with E-state index in [1.54, 1.807) is 34.0 Å². The minimum absolute atomic E-state index is 0.0394. The molecule has 8 rings (SSSR count). The van der Waals surface area contributed by atoms with Gasteiger partial charge >= 0.3 is 6.09 Å². The van der Waals surface area contributed by atoms with Crippen molar-refractivity contribution in [3.63, 3.8) is 0 Å². The molecule has 0 unspecified atom stereocenters. The zero-order valence-corrected chi connectivity index (χ0v) is 36.1. The number of rotatable bonds is 10. The van der Waals surface area contributed by atoms with E-state index in [0.29, 0.717) is 80.2 Å². The normalized spacial score (nSPS) is 17.4. The van der Waals surface area contributed by atoms with E-state index < -0.39 is 11.7 Å². The Morgan fingerprint density at radius 1 is 0.967 bits per heavy atom. The van der Waals surface area contributed by atoms with Gasteiger partial charge in [-0.25, -0.2) is 14.3 Å². The van der Waals surface area contributed by atoms with Crippen molar-refractivity contribution in [2.45, 2.75) is 65.3 Å². The molecule has 3 aromatic heterocycles. The lowest BCUT2D eigenvalue weighted by Gasteiger charge is -2.60. The molecule has 0 radical (unpaired) electrons. The third kappa shape index (κ3) is 8.07. The molecule has 0 saturated carbocycles. The molecule has 0 bridgehead atoms. The van der Waals surface area contributed by atoms with Crippen molar-refractivity contribution in [2.24, 2.45) is 12.5 Å². The van der Waals surface area contributed by atoms with Crippen LogP contribution in [0.5, 0.6) is 5.88 Å². The number of ether oxygens (including phenoxy) is 2. The number of amides is 3. The summed E-state index contributed by atoms with van der Waals surface area (Å²) in [6.07, 6.45) is 2.36. The molecule has 16 heteroatoms. The number of likely N-dealkylation sites (tertiary alicyclic amines) is 2. The Balaban J connectivity index is 1.04. The van der Waals surface area contributed by atoms with Crippen LogP contribution in [0.1, 0.15) is 51.9 Å². The summed E-state index contributed by atoms with van der Waals surface area (Å²) < 4.78 is 14.7. The summed E-state index contributed by atoms with van der Waals surface area (Å²) in [7, 11) is 3.26. The molecule has 3 saturated heterocycles. The van der Waals surface area contributed by atoms with Gasteiger partial charge in [0.25, 0.3) is 5.56 Å². The van der Waals surface area contributed by atoms with Gasteiger partial charge in [0.05, 0.1) is 35.9 Å². The van der Waals surface area contributed by atoms with E-state index in [1.165, 1.54) is 7.11 Å². The van der Waals surface area contributed by atoms with Crippen LogP contribution in [0, 0.1) is 5.41 Å². The number of halogens is 2. The molecule has 3 aliphatic heterocycles. The Labute approximate surface area is 358 Å². The molecular formula is C44H48Cl2N8O6. The largest absolute Gasteiger partial charge is 0.481 e. The molecule has 3 fully saturated rings. The molecule has 1 spiro atoms. The average molecular weight is 856 g/mol. The first-order chi connectivity index (χ1) is 28.5. The van der Waals surface area contributed by atoms with Gasteiger partial charge in [-0.2, -0.15) is 5.10 Å². The zero-order valence-electron chi connectivity index (χ0n) is 34.6. The van der Waals surface area contributed by atoms with Gasteiger partial charge in [-0.3, -0.25) is 23.9 Å². The number of hydrogen-bond donors (Lipinski definition) is 1. The van der Waals surface area contributed by atoms with Gasteiger partial charge in [-0.15, -0.1) is 0 Å². The van der Waals surface area contributed by atoms with Crippen molar-refractivity contribution in [1.29, 1.82) is 0 Å². The Morgan fingerprint density at radius 2 is 1.63 bits per heavy atom. The summed E-state index contributed by atoms with van der Waals surface area (Å²) >= 11 is 14.4. The summed E-state index contributed by atoms with van der Waals surface area (Å²) in [4.78, 5) is 61.1. The van der Waals surface area contributed by atoms with E-state index in [9.17, 15) is 19.2 Å². The van der Waals surface area contributed by atoms with Crippen LogP contribution in [0.2, 0.25) is 10.0 Å². The summed E-state index contributed by atoms with van der Waals surface area (Å²) in [6.45, 7) is 11.3. The molecule has 3 aliphatic rings. The van der Waals surface area contributed by atoms with Gasteiger partial charge in [0.15, 0.2) is 0 Å².